The van der Waals surface area contributed by atoms with Gasteiger partial charge in [0.1, 0.15) is 48.1 Å². The van der Waals surface area contributed by atoms with E-state index in [-0.39, 0.29) is 12.2 Å². The third-order valence-corrected chi connectivity index (χ3v) is 7.47. The van der Waals surface area contributed by atoms with Crippen LogP contribution in [0.15, 0.2) is 24.3 Å². The first kappa shape index (κ1) is 40.8. The lowest BCUT2D eigenvalue weighted by molar-refractivity contribution is -0.156. The van der Waals surface area contributed by atoms with Gasteiger partial charge in [0.2, 0.25) is 35.4 Å². The SMILES string of the molecule is COC(=O)C1CC(=O)OC(C)[C@H](N)C(=O)NC([C@@H](C)O)C(=O)N[C@@H](CC(N)=O)C(=O)N[C@@H](Cc2ccc(O)cc2)C(=O)NC([C@@H](C)O)C(=O)N1. The standard InChI is InChI=1S/C30H43N7O13/c1-12(38)23-29(47)35-19(30(48)49-4)11-21(42)50-14(3)22(32)27(45)37-24(13(2)39)28(46)34-18(10-20(31)41)25(43)33-17(26(44)36-23)9-15-5-7-16(40)8-6-15/h5-8,12-14,17-19,22-24,38-40H,9-11,32H2,1-4H3,(H2,31,41)(H,33,43)(H,34,46)(H,35,47)(H,36,44)(H,37,45)/t12-,13-,14?,17+,18+,19?,22+,23?,24?/m1/s1. The monoisotopic (exact) mass is 709 g/mol. The molecule has 50 heavy (non-hydrogen) atoms. The molecule has 0 aliphatic carbocycles. The van der Waals surface area contributed by atoms with Crippen molar-refractivity contribution in [1.29, 1.82) is 0 Å². The number of amides is 6. The van der Waals surface area contributed by atoms with Crippen molar-refractivity contribution < 1.29 is 63.1 Å². The molecule has 0 radical (unpaired) electrons. The van der Waals surface area contributed by atoms with Gasteiger partial charge in [-0.1, -0.05) is 12.1 Å². The Morgan fingerprint density at radius 2 is 1.34 bits per heavy atom. The van der Waals surface area contributed by atoms with E-state index in [1.165, 1.54) is 31.2 Å². The summed E-state index contributed by atoms with van der Waals surface area (Å²) >= 11 is 0. The maximum absolute atomic E-state index is 13.6. The molecule has 1 aliphatic rings. The number of carbonyl (C=O) groups excluding carboxylic acids is 8. The van der Waals surface area contributed by atoms with E-state index >= 15 is 0 Å². The molecule has 0 aromatic heterocycles. The highest BCUT2D eigenvalue weighted by atomic mass is 16.5. The molecule has 1 saturated heterocycles. The predicted molar refractivity (Wildman–Crippen MR) is 169 cm³/mol. The number of nitrogens with one attached hydrogen (secondary N) is 5. The van der Waals surface area contributed by atoms with Gasteiger partial charge in [0.15, 0.2) is 0 Å². The lowest BCUT2D eigenvalue weighted by Gasteiger charge is -2.29. The number of aromatic hydroxyl groups is 1. The minimum absolute atomic E-state index is 0.118. The number of cyclic esters (lactones) is 1. The van der Waals surface area contributed by atoms with E-state index in [1.54, 1.807) is 0 Å². The van der Waals surface area contributed by atoms with Gasteiger partial charge in [0, 0.05) is 6.42 Å². The molecule has 6 amide bonds. The second kappa shape index (κ2) is 18.4. The van der Waals surface area contributed by atoms with Crippen LogP contribution < -0.4 is 38.1 Å². The van der Waals surface area contributed by atoms with Gasteiger partial charge in [-0.05, 0) is 38.5 Å². The Hall–Kier alpha value is -5.34. The van der Waals surface area contributed by atoms with Crippen LogP contribution in [0.4, 0.5) is 0 Å². The number of hydrogen-bond acceptors (Lipinski definition) is 14. The molecule has 0 saturated carbocycles. The van der Waals surface area contributed by atoms with Crippen LogP contribution in [0.25, 0.3) is 0 Å². The Balaban J connectivity index is 2.63. The van der Waals surface area contributed by atoms with Crippen molar-refractivity contribution >= 4 is 47.4 Å². The highest BCUT2D eigenvalue weighted by molar-refractivity contribution is 5.98. The van der Waals surface area contributed by atoms with Crippen LogP contribution >= 0.6 is 0 Å². The summed E-state index contributed by atoms with van der Waals surface area (Å²) < 4.78 is 9.81. The average Bonchev–Trinajstić information content (AvgIpc) is 3.03. The number of hydrogen-bond donors (Lipinski definition) is 10. The normalized spacial score (nSPS) is 27.5. The maximum Gasteiger partial charge on any atom is 0.328 e. The largest absolute Gasteiger partial charge is 0.508 e. The van der Waals surface area contributed by atoms with Gasteiger partial charge in [-0.25, -0.2) is 4.79 Å². The van der Waals surface area contributed by atoms with Gasteiger partial charge in [-0.2, -0.15) is 0 Å². The molecule has 1 fully saturated rings. The summed E-state index contributed by atoms with van der Waals surface area (Å²) in [7, 11) is 0.963. The van der Waals surface area contributed by atoms with Crippen molar-refractivity contribution in [1.82, 2.24) is 26.6 Å². The fourth-order valence-corrected chi connectivity index (χ4v) is 4.64. The highest BCUT2D eigenvalue weighted by Crippen LogP contribution is 2.13. The summed E-state index contributed by atoms with van der Waals surface area (Å²) in [5.41, 5.74) is 11.6. The van der Waals surface area contributed by atoms with Crippen molar-refractivity contribution in [3.63, 3.8) is 0 Å². The summed E-state index contributed by atoms with van der Waals surface area (Å²) in [5.74, 6) is -9.08. The van der Waals surface area contributed by atoms with Crippen molar-refractivity contribution in [3.8, 4) is 5.75 Å². The van der Waals surface area contributed by atoms with E-state index in [1.807, 2.05) is 0 Å². The minimum Gasteiger partial charge on any atom is -0.508 e. The van der Waals surface area contributed by atoms with Crippen molar-refractivity contribution in [2.75, 3.05) is 7.11 Å². The first-order valence-corrected chi connectivity index (χ1v) is 15.3. The maximum atomic E-state index is 13.6. The van der Waals surface area contributed by atoms with Gasteiger partial charge < -0.3 is 62.8 Å². The van der Waals surface area contributed by atoms with Gasteiger partial charge in [-0.15, -0.1) is 0 Å². The molecular formula is C30H43N7O13. The Morgan fingerprint density at radius 3 is 1.86 bits per heavy atom. The predicted octanol–water partition coefficient (Wildman–Crippen LogP) is -5.17. The molecule has 276 valence electrons. The Morgan fingerprint density at radius 1 is 0.840 bits per heavy atom. The summed E-state index contributed by atoms with van der Waals surface area (Å²) in [4.78, 5) is 104. The number of ether oxygens (including phenoxy) is 2. The van der Waals surface area contributed by atoms with Crippen LogP contribution in [0.1, 0.15) is 39.2 Å². The summed E-state index contributed by atoms with van der Waals surface area (Å²) in [6.45, 7) is 3.46. The number of benzene rings is 1. The summed E-state index contributed by atoms with van der Waals surface area (Å²) in [6, 6.07) is -4.89. The molecule has 20 heteroatoms. The Kier molecular flexibility index (Phi) is 15.1. The van der Waals surface area contributed by atoms with E-state index in [2.05, 4.69) is 31.3 Å². The third kappa shape index (κ3) is 12.0. The van der Waals surface area contributed by atoms with Gasteiger partial charge in [0.25, 0.3) is 0 Å². The van der Waals surface area contributed by atoms with Crippen LogP contribution in [0, 0.1) is 0 Å². The summed E-state index contributed by atoms with van der Waals surface area (Å²) in [6.07, 6.45) is -6.59. The summed E-state index contributed by atoms with van der Waals surface area (Å²) in [5, 5.41) is 41.6. The molecule has 1 heterocycles. The quantitative estimate of drug-likeness (QED) is 0.118. The van der Waals surface area contributed by atoms with Crippen LogP contribution in [0.3, 0.4) is 0 Å². The molecule has 0 bridgehead atoms. The first-order chi connectivity index (χ1) is 23.3. The number of phenolic OH excluding ortho intramolecular Hbond substituents is 1. The van der Waals surface area contributed by atoms with Crippen molar-refractivity contribution in [2.45, 2.75) is 94.6 Å². The van der Waals surface area contributed by atoms with E-state index in [0.717, 1.165) is 21.0 Å². The minimum atomic E-state index is -1.79. The first-order valence-electron chi connectivity index (χ1n) is 15.3. The zero-order chi connectivity index (χ0) is 37.9. The number of carbonyl (C=O) groups is 8. The Bertz CT molecular complexity index is 1440. The second-order valence-electron chi connectivity index (χ2n) is 11.6. The van der Waals surface area contributed by atoms with Crippen LogP contribution in [-0.2, 0) is 54.3 Å². The number of aliphatic hydroxyl groups excluding tert-OH is 2. The topological polar surface area (TPSA) is 328 Å². The fraction of sp³-hybridized carbons (Fsp3) is 0.533. The van der Waals surface area contributed by atoms with Crippen LogP contribution in [-0.4, -0.2) is 124 Å². The number of phenols is 1. The average molecular weight is 710 g/mol. The van der Waals surface area contributed by atoms with Gasteiger partial charge in [0.05, 0.1) is 32.2 Å². The number of primary amides is 1. The van der Waals surface area contributed by atoms with Gasteiger partial charge in [-0.3, -0.25) is 33.6 Å². The molecule has 20 nitrogen and oxygen atoms in total. The number of esters is 2. The van der Waals surface area contributed by atoms with E-state index in [4.69, 9.17) is 16.2 Å². The second-order valence-corrected chi connectivity index (χ2v) is 11.6. The number of methoxy groups -OCH3 is 1. The van der Waals surface area contributed by atoms with Crippen LogP contribution in [0.2, 0.25) is 0 Å². The molecule has 1 aromatic rings. The molecular weight excluding hydrogens is 666 g/mol. The molecule has 1 aliphatic heterocycles. The molecule has 1 aromatic carbocycles. The fourth-order valence-electron chi connectivity index (χ4n) is 4.64. The molecule has 2 rings (SSSR count). The number of aliphatic hydroxyl groups is 2. The van der Waals surface area contributed by atoms with Gasteiger partial charge >= 0.3 is 11.9 Å². The number of nitrogens with two attached hydrogens (primary N) is 2. The van der Waals surface area contributed by atoms with E-state index in [9.17, 15) is 53.7 Å². The lowest BCUT2D eigenvalue weighted by atomic mass is 10.0. The van der Waals surface area contributed by atoms with E-state index < -0.39 is 115 Å². The number of rotatable bonds is 7. The molecule has 12 N–H and O–H groups in total. The zero-order valence-corrected chi connectivity index (χ0v) is 27.7. The van der Waals surface area contributed by atoms with Crippen molar-refractivity contribution in [2.24, 2.45) is 11.5 Å². The third-order valence-electron chi connectivity index (χ3n) is 7.47. The Labute approximate surface area is 286 Å². The molecule has 4 unspecified atom stereocenters. The van der Waals surface area contributed by atoms with E-state index in [0.29, 0.717) is 5.56 Å². The van der Waals surface area contributed by atoms with Crippen molar-refractivity contribution in [3.05, 3.63) is 29.8 Å². The lowest BCUT2D eigenvalue weighted by Crippen LogP contribution is -2.63. The van der Waals surface area contributed by atoms with Crippen LogP contribution in [0.5, 0.6) is 5.75 Å². The smallest absolute Gasteiger partial charge is 0.328 e. The molecule has 9 atom stereocenters. The molecule has 0 spiro atoms. The highest BCUT2D eigenvalue weighted by Gasteiger charge is 2.37. The zero-order valence-electron chi connectivity index (χ0n) is 27.7.